The van der Waals surface area contributed by atoms with E-state index in [2.05, 4.69) is 23.5 Å². The molecule has 0 radical (unpaired) electrons. The average molecular weight is 491 g/mol. The van der Waals surface area contributed by atoms with Gasteiger partial charge in [-0.3, -0.25) is 9.10 Å². The van der Waals surface area contributed by atoms with Gasteiger partial charge in [-0.15, -0.1) is 0 Å². The highest BCUT2D eigenvalue weighted by Gasteiger charge is 2.28. The van der Waals surface area contributed by atoms with Crippen molar-refractivity contribution in [3.05, 3.63) is 94.0 Å². The molecular weight excluding hydrogens is 456 g/mol. The Morgan fingerprint density at radius 3 is 2.26 bits per heavy atom. The molecule has 1 N–H and O–H groups in total. The van der Waals surface area contributed by atoms with E-state index in [1.807, 2.05) is 39.8 Å². The quantitative estimate of drug-likeness (QED) is 0.471. The third-order valence-electron chi connectivity index (χ3n) is 6.92. The number of carbonyl (C=O) groups excluding carboxylic acids is 1. The van der Waals surface area contributed by atoms with E-state index in [1.54, 1.807) is 30.3 Å². The largest absolute Gasteiger partial charge is 0.348 e. The van der Waals surface area contributed by atoms with Gasteiger partial charge in [0, 0.05) is 0 Å². The summed E-state index contributed by atoms with van der Waals surface area (Å²) in [6.07, 6.45) is 4.60. The number of sulfonamides is 1. The van der Waals surface area contributed by atoms with Crippen molar-refractivity contribution in [3.63, 3.8) is 0 Å². The van der Waals surface area contributed by atoms with Gasteiger partial charge >= 0.3 is 0 Å². The molecule has 1 aliphatic rings. The first-order chi connectivity index (χ1) is 16.6. The molecule has 3 aromatic rings. The number of aryl methyl sites for hydroxylation is 5. The van der Waals surface area contributed by atoms with Gasteiger partial charge in [-0.05, 0) is 105 Å². The maximum atomic E-state index is 13.6. The van der Waals surface area contributed by atoms with Crippen LogP contribution in [0.25, 0.3) is 0 Å². The third-order valence-corrected chi connectivity index (χ3v) is 8.71. The smallest absolute Gasteiger partial charge is 0.264 e. The van der Waals surface area contributed by atoms with Crippen LogP contribution in [0, 0.1) is 20.8 Å². The predicted molar refractivity (Wildman–Crippen MR) is 141 cm³/mol. The Bertz CT molecular complexity index is 1330. The topological polar surface area (TPSA) is 66.5 Å². The first-order valence-electron chi connectivity index (χ1n) is 12.2. The third kappa shape index (κ3) is 5.59. The van der Waals surface area contributed by atoms with Gasteiger partial charge < -0.3 is 5.32 Å². The fourth-order valence-electron chi connectivity index (χ4n) is 4.56. The second-order valence-electron chi connectivity index (χ2n) is 9.62. The number of nitrogens with zero attached hydrogens (tertiary/aromatic N) is 1. The maximum absolute atomic E-state index is 13.6. The SMILES string of the molecule is Cc1ccc(S(=O)(=O)N(CC(=O)N[C@H](C)c2ccc3c(c2)CCCC3)c2ccc(C)c(C)c2)cc1. The van der Waals surface area contributed by atoms with Crippen molar-refractivity contribution >= 4 is 21.6 Å². The minimum Gasteiger partial charge on any atom is -0.348 e. The summed E-state index contributed by atoms with van der Waals surface area (Å²) >= 11 is 0. The van der Waals surface area contributed by atoms with Gasteiger partial charge in [-0.2, -0.15) is 0 Å². The lowest BCUT2D eigenvalue weighted by Gasteiger charge is -2.26. The van der Waals surface area contributed by atoms with Gasteiger partial charge in [0.05, 0.1) is 16.6 Å². The van der Waals surface area contributed by atoms with E-state index in [0.29, 0.717) is 5.69 Å². The van der Waals surface area contributed by atoms with Crippen molar-refractivity contribution in [2.75, 3.05) is 10.8 Å². The summed E-state index contributed by atoms with van der Waals surface area (Å²) < 4.78 is 28.5. The van der Waals surface area contributed by atoms with E-state index in [9.17, 15) is 13.2 Å². The first-order valence-corrected chi connectivity index (χ1v) is 13.7. The highest BCUT2D eigenvalue weighted by atomic mass is 32.2. The molecule has 0 fully saturated rings. The number of nitrogens with one attached hydrogen (secondary N) is 1. The summed E-state index contributed by atoms with van der Waals surface area (Å²) in [6, 6.07) is 18.4. The van der Waals surface area contributed by atoms with Crippen LogP contribution in [0.2, 0.25) is 0 Å². The van der Waals surface area contributed by atoms with Crippen molar-refractivity contribution in [2.45, 2.75) is 64.3 Å². The number of benzene rings is 3. The lowest BCUT2D eigenvalue weighted by atomic mass is 9.89. The van der Waals surface area contributed by atoms with Crippen molar-refractivity contribution in [1.82, 2.24) is 5.32 Å². The van der Waals surface area contributed by atoms with Gasteiger partial charge in [0.2, 0.25) is 5.91 Å². The Balaban J connectivity index is 1.59. The summed E-state index contributed by atoms with van der Waals surface area (Å²) in [6.45, 7) is 7.47. The normalized spacial score (nSPS) is 14.2. The molecule has 0 aromatic heterocycles. The molecule has 1 amide bonds. The van der Waals surface area contributed by atoms with Crippen molar-refractivity contribution in [2.24, 2.45) is 0 Å². The summed E-state index contributed by atoms with van der Waals surface area (Å²) in [4.78, 5) is 13.3. The number of amides is 1. The van der Waals surface area contributed by atoms with E-state index in [-0.39, 0.29) is 23.4 Å². The second kappa shape index (κ2) is 10.2. The predicted octanol–water partition coefficient (Wildman–Crippen LogP) is 5.56. The van der Waals surface area contributed by atoms with Gasteiger partial charge in [0.25, 0.3) is 10.0 Å². The first kappa shape index (κ1) is 25.0. The number of hydrogen-bond acceptors (Lipinski definition) is 3. The fraction of sp³-hybridized carbons (Fsp3) is 0.345. The summed E-state index contributed by atoms with van der Waals surface area (Å²) in [7, 11) is -3.94. The van der Waals surface area contributed by atoms with Crippen LogP contribution in [0.5, 0.6) is 0 Å². The Hall–Kier alpha value is -3.12. The van der Waals surface area contributed by atoms with Crippen LogP contribution in [-0.4, -0.2) is 20.9 Å². The molecule has 1 atom stereocenters. The monoisotopic (exact) mass is 490 g/mol. The summed E-state index contributed by atoms with van der Waals surface area (Å²) in [5, 5.41) is 3.02. The van der Waals surface area contributed by atoms with Crippen LogP contribution in [0.1, 0.15) is 59.2 Å². The molecule has 0 heterocycles. The number of rotatable bonds is 7. The molecule has 0 saturated heterocycles. The summed E-state index contributed by atoms with van der Waals surface area (Å²) in [5.41, 5.74) is 7.26. The van der Waals surface area contributed by atoms with Crippen LogP contribution >= 0.6 is 0 Å². The molecule has 1 aliphatic carbocycles. The lowest BCUT2D eigenvalue weighted by Crippen LogP contribution is -2.41. The van der Waals surface area contributed by atoms with Gasteiger partial charge in [-0.25, -0.2) is 8.42 Å². The van der Waals surface area contributed by atoms with E-state index >= 15 is 0 Å². The van der Waals surface area contributed by atoms with Crippen molar-refractivity contribution in [1.29, 1.82) is 0 Å². The van der Waals surface area contributed by atoms with E-state index in [0.717, 1.165) is 35.1 Å². The molecule has 5 nitrogen and oxygen atoms in total. The molecule has 4 rings (SSSR count). The zero-order valence-electron chi connectivity index (χ0n) is 21.0. The minimum absolute atomic E-state index is 0.164. The molecular formula is C29H34N2O3S. The van der Waals surface area contributed by atoms with Crippen molar-refractivity contribution < 1.29 is 13.2 Å². The van der Waals surface area contributed by atoms with E-state index in [1.165, 1.54) is 28.3 Å². The molecule has 0 spiro atoms. The maximum Gasteiger partial charge on any atom is 0.264 e. The molecule has 35 heavy (non-hydrogen) atoms. The second-order valence-corrected chi connectivity index (χ2v) is 11.5. The lowest BCUT2D eigenvalue weighted by molar-refractivity contribution is -0.120. The van der Waals surface area contributed by atoms with Gasteiger partial charge in [0.15, 0.2) is 0 Å². The van der Waals surface area contributed by atoms with Crippen LogP contribution in [0.4, 0.5) is 5.69 Å². The fourth-order valence-corrected chi connectivity index (χ4v) is 5.97. The molecule has 0 unspecified atom stereocenters. The van der Waals surface area contributed by atoms with Gasteiger partial charge in [-0.1, -0.05) is 42.0 Å². The van der Waals surface area contributed by atoms with E-state index in [4.69, 9.17) is 0 Å². The standard InChI is InChI=1S/C29H34N2O3S/c1-20-9-15-28(16-10-20)35(33,34)31(27-14-11-21(2)22(3)17-27)19-29(32)30-23(4)25-13-12-24-7-5-6-8-26(24)18-25/h9-18,23H,5-8,19H2,1-4H3,(H,30,32)/t23-/m1/s1. The van der Waals surface area contributed by atoms with Crippen molar-refractivity contribution in [3.8, 4) is 0 Å². The van der Waals surface area contributed by atoms with Gasteiger partial charge in [0.1, 0.15) is 6.54 Å². The molecule has 0 saturated carbocycles. The molecule has 3 aromatic carbocycles. The summed E-state index contributed by atoms with van der Waals surface area (Å²) in [5.74, 6) is -0.343. The van der Waals surface area contributed by atoms with E-state index < -0.39 is 10.0 Å². The van der Waals surface area contributed by atoms with Crippen LogP contribution in [0.15, 0.2) is 65.6 Å². The number of hydrogen-bond donors (Lipinski definition) is 1. The zero-order chi connectivity index (χ0) is 25.2. The zero-order valence-corrected chi connectivity index (χ0v) is 21.8. The molecule has 184 valence electrons. The highest BCUT2D eigenvalue weighted by molar-refractivity contribution is 7.92. The highest BCUT2D eigenvalue weighted by Crippen LogP contribution is 2.27. The number of carbonyl (C=O) groups is 1. The Morgan fingerprint density at radius 1 is 0.886 bits per heavy atom. The minimum atomic E-state index is -3.94. The number of anilines is 1. The Kier molecular flexibility index (Phi) is 7.31. The molecule has 6 heteroatoms. The number of fused-ring (bicyclic) bond motifs is 1. The van der Waals surface area contributed by atoms with Crippen LogP contribution in [-0.2, 0) is 27.7 Å². The molecule has 0 bridgehead atoms. The Labute approximate surface area is 209 Å². The van der Waals surface area contributed by atoms with Crippen LogP contribution in [0.3, 0.4) is 0 Å². The molecule has 0 aliphatic heterocycles. The van der Waals surface area contributed by atoms with Crippen LogP contribution < -0.4 is 9.62 Å². The average Bonchev–Trinajstić information content (AvgIpc) is 2.84. The Morgan fingerprint density at radius 2 is 1.57 bits per heavy atom.